The molecule has 0 saturated heterocycles. The third-order valence-corrected chi connectivity index (χ3v) is 2.15. The normalized spacial score (nSPS) is 11.2. The molecule has 1 rings (SSSR count). The molecule has 6 heteroatoms. The van der Waals surface area contributed by atoms with Gasteiger partial charge in [0.15, 0.2) is 5.82 Å². The highest BCUT2D eigenvalue weighted by Crippen LogP contribution is 2.22. The Hall–Kier alpha value is -1.69. The Kier molecular flexibility index (Phi) is 3.44. The van der Waals surface area contributed by atoms with Crippen LogP contribution in [0.3, 0.4) is 0 Å². The van der Waals surface area contributed by atoms with Gasteiger partial charge in [-0.1, -0.05) is 0 Å². The van der Waals surface area contributed by atoms with Crippen molar-refractivity contribution in [3.05, 3.63) is 34.1 Å². The SMILES string of the molecule is CC(C)(CN)Nc1ccc([N+](=O)[O-])cc1F. The monoisotopic (exact) mass is 227 g/mol. The first-order chi connectivity index (χ1) is 7.35. The van der Waals surface area contributed by atoms with Crippen LogP contribution >= 0.6 is 0 Å². The van der Waals surface area contributed by atoms with Gasteiger partial charge in [0.1, 0.15) is 0 Å². The van der Waals surface area contributed by atoms with Gasteiger partial charge in [0.25, 0.3) is 5.69 Å². The van der Waals surface area contributed by atoms with E-state index in [0.717, 1.165) is 6.07 Å². The molecule has 0 aliphatic heterocycles. The lowest BCUT2D eigenvalue weighted by molar-refractivity contribution is -0.385. The minimum atomic E-state index is -0.657. The molecule has 0 fully saturated rings. The first-order valence-electron chi connectivity index (χ1n) is 4.78. The molecule has 0 saturated carbocycles. The van der Waals surface area contributed by atoms with Gasteiger partial charge in [-0.25, -0.2) is 4.39 Å². The number of hydrogen-bond donors (Lipinski definition) is 2. The molecule has 1 aromatic rings. The summed E-state index contributed by atoms with van der Waals surface area (Å²) in [6.07, 6.45) is 0. The van der Waals surface area contributed by atoms with Crippen molar-refractivity contribution in [3.63, 3.8) is 0 Å². The van der Waals surface area contributed by atoms with Crippen molar-refractivity contribution >= 4 is 11.4 Å². The van der Waals surface area contributed by atoms with Crippen molar-refractivity contribution in [2.75, 3.05) is 11.9 Å². The summed E-state index contributed by atoms with van der Waals surface area (Å²) >= 11 is 0. The molecule has 5 nitrogen and oxygen atoms in total. The van der Waals surface area contributed by atoms with Crippen molar-refractivity contribution in [2.24, 2.45) is 5.73 Å². The maximum Gasteiger partial charge on any atom is 0.272 e. The van der Waals surface area contributed by atoms with E-state index in [1.165, 1.54) is 12.1 Å². The average Bonchev–Trinajstić information content (AvgIpc) is 2.20. The maximum atomic E-state index is 13.5. The third kappa shape index (κ3) is 2.90. The largest absolute Gasteiger partial charge is 0.377 e. The Morgan fingerprint density at radius 1 is 1.56 bits per heavy atom. The smallest absolute Gasteiger partial charge is 0.272 e. The number of halogens is 1. The summed E-state index contributed by atoms with van der Waals surface area (Å²) in [5.41, 5.74) is 4.97. The van der Waals surface area contributed by atoms with Crippen molar-refractivity contribution in [1.29, 1.82) is 0 Å². The summed E-state index contributed by atoms with van der Waals surface area (Å²) in [5, 5.41) is 13.3. The number of rotatable bonds is 4. The van der Waals surface area contributed by atoms with Crippen molar-refractivity contribution in [1.82, 2.24) is 0 Å². The lowest BCUT2D eigenvalue weighted by Crippen LogP contribution is -2.39. The fourth-order valence-corrected chi connectivity index (χ4v) is 1.13. The Bertz CT molecular complexity index is 407. The standard InChI is InChI=1S/C10H14FN3O2/c1-10(2,6-12)13-9-4-3-7(14(15)16)5-8(9)11/h3-5,13H,6,12H2,1-2H3. The minimum Gasteiger partial charge on any atom is -0.377 e. The van der Waals surface area contributed by atoms with Crippen LogP contribution < -0.4 is 11.1 Å². The number of non-ortho nitro benzene ring substituents is 1. The van der Waals surface area contributed by atoms with E-state index in [-0.39, 0.29) is 11.4 Å². The molecular formula is C10H14FN3O2. The van der Waals surface area contributed by atoms with E-state index in [1.54, 1.807) is 0 Å². The van der Waals surface area contributed by atoms with Crippen LogP contribution in [0, 0.1) is 15.9 Å². The van der Waals surface area contributed by atoms with Crippen LogP contribution in [-0.4, -0.2) is 17.0 Å². The molecule has 0 unspecified atom stereocenters. The van der Waals surface area contributed by atoms with Gasteiger partial charge in [-0.15, -0.1) is 0 Å². The fourth-order valence-electron chi connectivity index (χ4n) is 1.13. The zero-order chi connectivity index (χ0) is 12.3. The molecule has 0 spiro atoms. The van der Waals surface area contributed by atoms with E-state index in [1.807, 2.05) is 13.8 Å². The van der Waals surface area contributed by atoms with E-state index in [0.29, 0.717) is 6.54 Å². The Balaban J connectivity index is 2.96. The van der Waals surface area contributed by atoms with Gasteiger partial charge in [-0.3, -0.25) is 10.1 Å². The number of nitrogens with one attached hydrogen (secondary N) is 1. The van der Waals surface area contributed by atoms with Gasteiger partial charge in [0.2, 0.25) is 0 Å². The van der Waals surface area contributed by atoms with Crippen LogP contribution in [0.5, 0.6) is 0 Å². The summed E-state index contributed by atoms with van der Waals surface area (Å²) in [6.45, 7) is 3.95. The average molecular weight is 227 g/mol. The molecule has 16 heavy (non-hydrogen) atoms. The highest BCUT2D eigenvalue weighted by molar-refractivity contribution is 5.51. The molecule has 0 radical (unpaired) electrons. The molecule has 1 aromatic carbocycles. The summed E-state index contributed by atoms with van der Waals surface area (Å²) in [4.78, 5) is 9.77. The second-order valence-electron chi connectivity index (χ2n) is 4.13. The van der Waals surface area contributed by atoms with E-state index in [4.69, 9.17) is 5.73 Å². The van der Waals surface area contributed by atoms with Crippen LogP contribution in [0.25, 0.3) is 0 Å². The van der Waals surface area contributed by atoms with Crippen LogP contribution in [0.4, 0.5) is 15.8 Å². The van der Waals surface area contributed by atoms with Crippen molar-refractivity contribution in [2.45, 2.75) is 19.4 Å². The molecule has 0 amide bonds. The second-order valence-corrected chi connectivity index (χ2v) is 4.13. The predicted octanol–water partition coefficient (Wildman–Crippen LogP) is 1.88. The second kappa shape index (κ2) is 4.44. The molecule has 0 bridgehead atoms. The van der Waals surface area contributed by atoms with Gasteiger partial charge in [-0.05, 0) is 19.9 Å². The van der Waals surface area contributed by atoms with E-state index in [9.17, 15) is 14.5 Å². The topological polar surface area (TPSA) is 81.2 Å². The number of benzene rings is 1. The number of hydrogen-bond acceptors (Lipinski definition) is 4. The molecule has 0 aliphatic rings. The number of anilines is 1. The predicted molar refractivity (Wildman–Crippen MR) is 59.8 cm³/mol. The van der Waals surface area contributed by atoms with Crippen molar-refractivity contribution < 1.29 is 9.31 Å². The first kappa shape index (κ1) is 12.4. The highest BCUT2D eigenvalue weighted by atomic mass is 19.1. The molecule has 0 heterocycles. The number of nitro groups is 1. The number of nitro benzene ring substituents is 1. The first-order valence-corrected chi connectivity index (χ1v) is 4.78. The summed E-state index contributed by atoms with van der Waals surface area (Å²) in [5.74, 6) is -0.657. The lowest BCUT2D eigenvalue weighted by atomic mass is 10.1. The summed E-state index contributed by atoms with van der Waals surface area (Å²) in [7, 11) is 0. The maximum absolute atomic E-state index is 13.5. The third-order valence-electron chi connectivity index (χ3n) is 2.15. The number of nitrogens with two attached hydrogens (primary N) is 1. The Morgan fingerprint density at radius 3 is 2.62 bits per heavy atom. The Morgan fingerprint density at radius 2 is 2.19 bits per heavy atom. The molecule has 3 N–H and O–H groups in total. The van der Waals surface area contributed by atoms with Gasteiger partial charge >= 0.3 is 0 Å². The zero-order valence-corrected chi connectivity index (χ0v) is 9.16. The number of nitrogens with zero attached hydrogens (tertiary/aromatic N) is 1. The fraction of sp³-hybridized carbons (Fsp3) is 0.400. The van der Waals surface area contributed by atoms with Gasteiger partial charge in [0.05, 0.1) is 16.7 Å². The van der Waals surface area contributed by atoms with Crippen LogP contribution in [0.1, 0.15) is 13.8 Å². The van der Waals surface area contributed by atoms with E-state index < -0.39 is 16.3 Å². The molecule has 0 atom stereocenters. The summed E-state index contributed by atoms with van der Waals surface area (Å²) in [6, 6.07) is 3.47. The Labute approximate surface area is 92.6 Å². The molecule has 88 valence electrons. The zero-order valence-electron chi connectivity index (χ0n) is 9.16. The van der Waals surface area contributed by atoms with Crippen LogP contribution in [0.2, 0.25) is 0 Å². The lowest BCUT2D eigenvalue weighted by Gasteiger charge is -2.25. The quantitative estimate of drug-likeness (QED) is 0.607. The van der Waals surface area contributed by atoms with Gasteiger partial charge in [0, 0.05) is 18.2 Å². The van der Waals surface area contributed by atoms with Gasteiger partial charge < -0.3 is 11.1 Å². The van der Waals surface area contributed by atoms with Gasteiger partial charge in [-0.2, -0.15) is 0 Å². The van der Waals surface area contributed by atoms with Crippen LogP contribution in [0.15, 0.2) is 18.2 Å². The van der Waals surface area contributed by atoms with E-state index >= 15 is 0 Å². The molecular weight excluding hydrogens is 213 g/mol. The molecule has 0 aromatic heterocycles. The minimum absolute atomic E-state index is 0.209. The molecule has 0 aliphatic carbocycles. The highest BCUT2D eigenvalue weighted by Gasteiger charge is 2.18. The van der Waals surface area contributed by atoms with Crippen LogP contribution in [-0.2, 0) is 0 Å². The van der Waals surface area contributed by atoms with E-state index in [2.05, 4.69) is 5.32 Å². The van der Waals surface area contributed by atoms with Crippen molar-refractivity contribution in [3.8, 4) is 0 Å². The summed E-state index contributed by atoms with van der Waals surface area (Å²) < 4.78 is 13.5.